The minimum absolute atomic E-state index is 0.00661. The second-order valence-electron chi connectivity index (χ2n) is 9.15. The first-order valence-electron chi connectivity index (χ1n) is 12.1. The summed E-state index contributed by atoms with van der Waals surface area (Å²) in [4.78, 5) is 41.2. The summed E-state index contributed by atoms with van der Waals surface area (Å²) in [6, 6.07) is 17.7. The lowest BCUT2D eigenvalue weighted by molar-refractivity contribution is -0.150. The van der Waals surface area contributed by atoms with Crippen LogP contribution in [0.15, 0.2) is 54.6 Å². The molecule has 2 atom stereocenters. The van der Waals surface area contributed by atoms with Gasteiger partial charge in [0.1, 0.15) is 12.0 Å². The summed E-state index contributed by atoms with van der Waals surface area (Å²) in [6.45, 7) is 0.361. The lowest BCUT2D eigenvalue weighted by Gasteiger charge is -2.31. The molecule has 184 valence electrons. The fraction of sp³-hybridized carbons (Fsp3) is 0.429. The molecule has 2 amide bonds. The van der Waals surface area contributed by atoms with Crippen LogP contribution in [0.4, 0.5) is 0 Å². The molecule has 2 aromatic carbocycles. The summed E-state index contributed by atoms with van der Waals surface area (Å²) in [7, 11) is 2.99. The topological polar surface area (TPSA) is 99.5 Å². The van der Waals surface area contributed by atoms with Crippen molar-refractivity contribution in [3.8, 4) is 6.07 Å². The van der Waals surface area contributed by atoms with Crippen molar-refractivity contribution in [2.75, 3.05) is 14.2 Å². The van der Waals surface area contributed by atoms with E-state index in [4.69, 9.17) is 10.00 Å². The highest BCUT2D eigenvalue weighted by atomic mass is 16.5. The molecule has 7 nitrogen and oxygen atoms in total. The Morgan fingerprint density at radius 3 is 2.29 bits per heavy atom. The number of hydrogen-bond donors (Lipinski definition) is 1. The Kier molecular flexibility index (Phi) is 9.42. The molecule has 0 aliphatic heterocycles. The third-order valence-corrected chi connectivity index (χ3v) is 6.65. The average Bonchev–Trinajstić information content (AvgIpc) is 2.90. The monoisotopic (exact) mass is 475 g/mol. The lowest BCUT2D eigenvalue weighted by Crippen LogP contribution is -2.52. The second-order valence-corrected chi connectivity index (χ2v) is 9.15. The first-order valence-corrected chi connectivity index (χ1v) is 12.1. The van der Waals surface area contributed by atoms with E-state index in [1.54, 1.807) is 31.3 Å². The number of hydrogen-bond acceptors (Lipinski definition) is 5. The third-order valence-electron chi connectivity index (χ3n) is 6.65. The molecule has 1 saturated carbocycles. The van der Waals surface area contributed by atoms with E-state index in [1.807, 2.05) is 30.3 Å². The highest BCUT2D eigenvalue weighted by Gasteiger charge is 2.36. The summed E-state index contributed by atoms with van der Waals surface area (Å²) in [5.74, 6) is -2.32. The molecular formula is C28H33N3O4. The van der Waals surface area contributed by atoms with Gasteiger partial charge in [0.15, 0.2) is 0 Å². The average molecular weight is 476 g/mol. The summed E-state index contributed by atoms with van der Waals surface area (Å²) in [5, 5.41) is 11.9. The molecule has 0 aromatic heterocycles. The van der Waals surface area contributed by atoms with E-state index in [0.717, 1.165) is 43.2 Å². The number of carbonyl (C=O) groups excluding carboxylic acids is 3. The van der Waals surface area contributed by atoms with Gasteiger partial charge in [0.05, 0.1) is 18.7 Å². The van der Waals surface area contributed by atoms with Crippen molar-refractivity contribution in [3.05, 3.63) is 71.3 Å². The number of nitriles is 1. The Labute approximate surface area is 207 Å². The van der Waals surface area contributed by atoms with Gasteiger partial charge in [0.25, 0.3) is 0 Å². The highest BCUT2D eigenvalue weighted by Crippen LogP contribution is 2.27. The summed E-state index contributed by atoms with van der Waals surface area (Å²) >= 11 is 0. The first-order chi connectivity index (χ1) is 16.9. The van der Waals surface area contributed by atoms with Crippen molar-refractivity contribution in [2.24, 2.45) is 11.8 Å². The molecule has 1 fully saturated rings. The molecule has 2 aromatic rings. The van der Waals surface area contributed by atoms with Crippen molar-refractivity contribution in [1.82, 2.24) is 10.2 Å². The van der Waals surface area contributed by atoms with Crippen molar-refractivity contribution in [2.45, 2.75) is 51.1 Å². The maximum absolute atomic E-state index is 13.5. The Bertz CT molecular complexity index is 1040. The van der Waals surface area contributed by atoms with Crippen LogP contribution in [0.5, 0.6) is 0 Å². The standard InChI is InChI=1S/C28H33N3O4/c1-31(19-22-9-5-3-6-10-22)27(33)24(17-20-13-15-21(18-29)16-14-20)26(32)30-25(28(34)35-2)23-11-7-4-8-12-23/h3,5-6,9-10,13-16,23-25H,4,7-8,11-12,17,19H2,1-2H3,(H,30,32)/t24?,25-/m0/s1. The van der Waals surface area contributed by atoms with E-state index < -0.39 is 23.8 Å². The Balaban J connectivity index is 1.83. The van der Waals surface area contributed by atoms with Gasteiger partial charge < -0.3 is 15.0 Å². The van der Waals surface area contributed by atoms with Crippen LogP contribution < -0.4 is 5.32 Å². The van der Waals surface area contributed by atoms with Gasteiger partial charge in [-0.2, -0.15) is 5.26 Å². The minimum atomic E-state index is -1.02. The van der Waals surface area contributed by atoms with Crippen molar-refractivity contribution in [1.29, 1.82) is 5.26 Å². The SMILES string of the molecule is COC(=O)[C@@H](NC(=O)C(Cc1ccc(C#N)cc1)C(=O)N(C)Cc1ccccc1)C1CCCCC1. The fourth-order valence-electron chi connectivity index (χ4n) is 4.66. The highest BCUT2D eigenvalue weighted by molar-refractivity contribution is 6.01. The van der Waals surface area contributed by atoms with E-state index in [-0.39, 0.29) is 18.2 Å². The molecule has 35 heavy (non-hydrogen) atoms. The van der Waals surface area contributed by atoms with E-state index in [9.17, 15) is 14.4 Å². The summed E-state index contributed by atoms with van der Waals surface area (Å²) in [5.41, 5.74) is 2.22. The molecule has 7 heteroatoms. The van der Waals surface area contributed by atoms with E-state index >= 15 is 0 Å². The molecule has 0 radical (unpaired) electrons. The lowest BCUT2D eigenvalue weighted by atomic mass is 9.83. The first kappa shape index (κ1) is 26.0. The predicted octanol–water partition coefficient (Wildman–Crippen LogP) is 3.61. The Morgan fingerprint density at radius 2 is 1.69 bits per heavy atom. The van der Waals surface area contributed by atoms with Gasteiger partial charge in [-0.1, -0.05) is 61.7 Å². The molecule has 0 heterocycles. The van der Waals surface area contributed by atoms with Crippen LogP contribution in [-0.4, -0.2) is 42.9 Å². The molecular weight excluding hydrogens is 442 g/mol. The van der Waals surface area contributed by atoms with Gasteiger partial charge in [-0.3, -0.25) is 9.59 Å². The second kappa shape index (κ2) is 12.7. The molecule has 0 spiro atoms. The number of methoxy groups -OCH3 is 1. The largest absolute Gasteiger partial charge is 0.467 e. The van der Waals surface area contributed by atoms with Gasteiger partial charge in [0, 0.05) is 13.6 Å². The van der Waals surface area contributed by atoms with Gasteiger partial charge in [0.2, 0.25) is 11.8 Å². The molecule has 0 bridgehead atoms. The van der Waals surface area contributed by atoms with Crippen LogP contribution in [0.1, 0.15) is 48.8 Å². The van der Waals surface area contributed by atoms with Gasteiger partial charge >= 0.3 is 5.97 Å². The summed E-state index contributed by atoms with van der Waals surface area (Å²) < 4.78 is 5.00. The number of nitrogens with one attached hydrogen (secondary N) is 1. The van der Waals surface area contributed by atoms with Crippen LogP contribution >= 0.6 is 0 Å². The Hall–Kier alpha value is -3.66. The number of nitrogens with zero attached hydrogens (tertiary/aromatic N) is 2. The van der Waals surface area contributed by atoms with Crippen LogP contribution in [0.2, 0.25) is 0 Å². The third kappa shape index (κ3) is 7.16. The van der Waals surface area contributed by atoms with Crippen molar-refractivity contribution in [3.63, 3.8) is 0 Å². The normalized spacial score (nSPS) is 15.3. The number of benzene rings is 2. The van der Waals surface area contributed by atoms with Crippen LogP contribution in [0.3, 0.4) is 0 Å². The minimum Gasteiger partial charge on any atom is -0.467 e. The van der Waals surface area contributed by atoms with Crippen LogP contribution in [0, 0.1) is 23.2 Å². The van der Waals surface area contributed by atoms with Crippen LogP contribution in [0.25, 0.3) is 0 Å². The predicted molar refractivity (Wildman–Crippen MR) is 132 cm³/mol. The quantitative estimate of drug-likeness (QED) is 0.441. The zero-order chi connectivity index (χ0) is 25.2. The van der Waals surface area contributed by atoms with Gasteiger partial charge in [-0.25, -0.2) is 4.79 Å². The van der Waals surface area contributed by atoms with Gasteiger partial charge in [-0.15, -0.1) is 0 Å². The molecule has 1 unspecified atom stereocenters. The molecule has 0 saturated heterocycles. The molecule has 1 aliphatic rings. The number of rotatable bonds is 9. The smallest absolute Gasteiger partial charge is 0.328 e. The van der Waals surface area contributed by atoms with E-state index in [1.165, 1.54) is 12.0 Å². The summed E-state index contributed by atoms with van der Waals surface area (Å²) in [6.07, 6.45) is 4.95. The number of esters is 1. The van der Waals surface area contributed by atoms with Crippen LogP contribution in [-0.2, 0) is 32.1 Å². The van der Waals surface area contributed by atoms with Crippen molar-refractivity contribution < 1.29 is 19.1 Å². The number of carbonyl (C=O) groups is 3. The molecule has 3 rings (SSSR count). The fourth-order valence-corrected chi connectivity index (χ4v) is 4.66. The molecule has 1 N–H and O–H groups in total. The molecule has 1 aliphatic carbocycles. The zero-order valence-electron chi connectivity index (χ0n) is 20.4. The maximum atomic E-state index is 13.5. The van der Waals surface area contributed by atoms with Gasteiger partial charge in [-0.05, 0) is 48.4 Å². The van der Waals surface area contributed by atoms with E-state index in [2.05, 4.69) is 11.4 Å². The zero-order valence-corrected chi connectivity index (χ0v) is 20.4. The number of ether oxygens (including phenoxy) is 1. The Morgan fingerprint density at radius 1 is 1.03 bits per heavy atom. The number of amides is 2. The maximum Gasteiger partial charge on any atom is 0.328 e. The van der Waals surface area contributed by atoms with E-state index in [0.29, 0.717) is 12.1 Å². The van der Waals surface area contributed by atoms with Crippen molar-refractivity contribution >= 4 is 17.8 Å².